The zero-order chi connectivity index (χ0) is 27.0. The van der Waals surface area contributed by atoms with E-state index in [9.17, 15) is 40.5 Å². The molecule has 206 valence electrons. The Bertz CT molecular complexity index is 843. The summed E-state index contributed by atoms with van der Waals surface area (Å²) in [4.78, 5) is 11.9. The molecule has 3 aliphatic rings. The quantitative estimate of drug-likeness (QED) is 0.173. The second-order valence-electron chi connectivity index (χ2n) is 10.4. The standard InChI is InChI=1S/C24H38O12/c1-11-7-13(26)8-23(3,4)24(11,32)6-5-12(2)34-22-20(31)18(29)17(28)15(36-22)10-33-21-19(30)16(27)14(9-25)35-21/h5-7,12,14-22,25,27-32H,8-10H2,1-4H3/b6-5+. The Morgan fingerprint density at radius 3 is 2.19 bits per heavy atom. The van der Waals surface area contributed by atoms with Gasteiger partial charge in [-0.3, -0.25) is 4.79 Å². The van der Waals surface area contributed by atoms with Gasteiger partial charge in [-0.2, -0.15) is 0 Å². The lowest BCUT2D eigenvalue weighted by Crippen LogP contribution is -2.60. The van der Waals surface area contributed by atoms with Gasteiger partial charge in [0.25, 0.3) is 0 Å². The van der Waals surface area contributed by atoms with Crippen molar-refractivity contribution in [1.29, 1.82) is 0 Å². The van der Waals surface area contributed by atoms with Crippen LogP contribution in [0.15, 0.2) is 23.8 Å². The summed E-state index contributed by atoms with van der Waals surface area (Å²) in [5.41, 5.74) is -1.68. The van der Waals surface area contributed by atoms with Gasteiger partial charge < -0.3 is 54.7 Å². The first-order valence-corrected chi connectivity index (χ1v) is 11.9. The zero-order valence-electron chi connectivity index (χ0n) is 20.8. The van der Waals surface area contributed by atoms with Gasteiger partial charge in [-0.15, -0.1) is 0 Å². The molecule has 2 fully saturated rings. The molecule has 3 rings (SSSR count). The SMILES string of the molecule is CC1=CC(=O)CC(C)(C)C1(O)/C=C/C(C)OC1OC(COC2OC(CO)C(O)C2O)C(O)C(O)C1O. The second kappa shape index (κ2) is 11.2. The molecule has 2 heterocycles. The van der Waals surface area contributed by atoms with Crippen molar-refractivity contribution in [2.24, 2.45) is 5.41 Å². The largest absolute Gasteiger partial charge is 0.394 e. The molecule has 0 aromatic heterocycles. The molecule has 0 bridgehead atoms. The number of hydrogen-bond acceptors (Lipinski definition) is 12. The average Bonchev–Trinajstić information content (AvgIpc) is 3.08. The van der Waals surface area contributed by atoms with E-state index < -0.39 is 85.6 Å². The van der Waals surface area contributed by atoms with Gasteiger partial charge in [-0.1, -0.05) is 19.9 Å². The van der Waals surface area contributed by atoms with Gasteiger partial charge in [-0.25, -0.2) is 0 Å². The van der Waals surface area contributed by atoms with E-state index in [-0.39, 0.29) is 12.2 Å². The van der Waals surface area contributed by atoms with Crippen LogP contribution in [0.2, 0.25) is 0 Å². The Balaban J connectivity index is 1.64. The average molecular weight is 519 g/mol. The van der Waals surface area contributed by atoms with Crippen molar-refractivity contribution in [3.05, 3.63) is 23.8 Å². The molecule has 12 heteroatoms. The number of aliphatic hydroxyl groups excluding tert-OH is 6. The van der Waals surface area contributed by atoms with Crippen LogP contribution < -0.4 is 0 Å². The molecule has 0 spiro atoms. The van der Waals surface area contributed by atoms with E-state index in [0.717, 1.165) is 0 Å². The summed E-state index contributed by atoms with van der Waals surface area (Å²) in [6.07, 6.45) is -8.62. The molecule has 11 unspecified atom stereocenters. The number of ether oxygens (including phenoxy) is 4. The van der Waals surface area contributed by atoms with E-state index in [1.807, 2.05) is 0 Å². The fourth-order valence-corrected chi connectivity index (χ4v) is 4.75. The monoisotopic (exact) mass is 518 g/mol. The summed E-state index contributed by atoms with van der Waals surface area (Å²) < 4.78 is 21.9. The zero-order valence-corrected chi connectivity index (χ0v) is 20.8. The molecule has 12 nitrogen and oxygen atoms in total. The van der Waals surface area contributed by atoms with Crippen LogP contribution in [0.5, 0.6) is 0 Å². The number of carbonyl (C=O) groups is 1. The van der Waals surface area contributed by atoms with E-state index >= 15 is 0 Å². The molecule has 0 radical (unpaired) electrons. The predicted octanol–water partition coefficient (Wildman–Crippen LogP) is -2.11. The molecule has 2 aliphatic heterocycles. The third kappa shape index (κ3) is 5.74. The minimum Gasteiger partial charge on any atom is -0.394 e. The molecular formula is C24H38O12. The molecule has 36 heavy (non-hydrogen) atoms. The highest BCUT2D eigenvalue weighted by molar-refractivity contribution is 5.92. The van der Waals surface area contributed by atoms with Crippen molar-refractivity contribution in [2.45, 2.75) is 101 Å². The van der Waals surface area contributed by atoms with E-state index in [2.05, 4.69) is 0 Å². The summed E-state index contributed by atoms with van der Waals surface area (Å²) in [5, 5.41) is 71.3. The van der Waals surface area contributed by atoms with Crippen molar-refractivity contribution in [3.63, 3.8) is 0 Å². The van der Waals surface area contributed by atoms with E-state index in [1.165, 1.54) is 12.2 Å². The fourth-order valence-electron chi connectivity index (χ4n) is 4.75. The molecule has 0 aromatic carbocycles. The molecule has 7 N–H and O–H groups in total. The summed E-state index contributed by atoms with van der Waals surface area (Å²) >= 11 is 0. The second-order valence-corrected chi connectivity index (χ2v) is 10.4. The van der Waals surface area contributed by atoms with Crippen LogP contribution in [0, 0.1) is 5.41 Å². The van der Waals surface area contributed by atoms with Crippen molar-refractivity contribution >= 4 is 5.78 Å². The first kappa shape index (κ1) is 29.3. The Labute approximate surface area is 209 Å². The highest BCUT2D eigenvalue weighted by atomic mass is 16.7. The van der Waals surface area contributed by atoms with Gasteiger partial charge in [-0.05, 0) is 31.6 Å². The number of hydrogen-bond donors (Lipinski definition) is 7. The minimum absolute atomic E-state index is 0.0729. The van der Waals surface area contributed by atoms with Crippen LogP contribution in [0.3, 0.4) is 0 Å². The Kier molecular flexibility index (Phi) is 9.12. The maximum atomic E-state index is 11.9. The number of carbonyl (C=O) groups excluding carboxylic acids is 1. The predicted molar refractivity (Wildman–Crippen MR) is 122 cm³/mol. The molecular weight excluding hydrogens is 480 g/mol. The lowest BCUT2D eigenvalue weighted by atomic mass is 9.64. The Morgan fingerprint density at radius 1 is 1.03 bits per heavy atom. The van der Waals surface area contributed by atoms with Crippen LogP contribution in [0.4, 0.5) is 0 Å². The third-order valence-corrected chi connectivity index (χ3v) is 7.18. The van der Waals surface area contributed by atoms with Gasteiger partial charge >= 0.3 is 0 Å². The summed E-state index contributed by atoms with van der Waals surface area (Å²) in [5.74, 6) is -0.0729. The van der Waals surface area contributed by atoms with Crippen LogP contribution in [0.1, 0.15) is 34.1 Å². The molecule has 11 atom stereocenters. The number of aliphatic hydroxyl groups is 7. The van der Waals surface area contributed by atoms with Crippen molar-refractivity contribution in [1.82, 2.24) is 0 Å². The minimum atomic E-state index is -1.64. The van der Waals surface area contributed by atoms with Crippen LogP contribution >= 0.6 is 0 Å². The van der Waals surface area contributed by atoms with Crippen LogP contribution in [0.25, 0.3) is 0 Å². The smallest absolute Gasteiger partial charge is 0.187 e. The number of ketones is 1. The first-order chi connectivity index (χ1) is 16.7. The maximum absolute atomic E-state index is 11.9. The van der Waals surface area contributed by atoms with Crippen LogP contribution in [-0.4, -0.2) is 122 Å². The lowest BCUT2D eigenvalue weighted by Gasteiger charge is -2.44. The van der Waals surface area contributed by atoms with Gasteiger partial charge in [0.15, 0.2) is 18.4 Å². The van der Waals surface area contributed by atoms with Crippen molar-refractivity contribution in [2.75, 3.05) is 13.2 Å². The molecule has 0 amide bonds. The van der Waals surface area contributed by atoms with E-state index in [1.54, 1.807) is 33.8 Å². The Hall–Kier alpha value is -1.29. The van der Waals surface area contributed by atoms with E-state index in [4.69, 9.17) is 18.9 Å². The topological polar surface area (TPSA) is 196 Å². The van der Waals surface area contributed by atoms with Crippen LogP contribution in [-0.2, 0) is 23.7 Å². The van der Waals surface area contributed by atoms with Crippen molar-refractivity contribution in [3.8, 4) is 0 Å². The van der Waals surface area contributed by atoms with Gasteiger partial charge in [0.05, 0.1) is 19.3 Å². The lowest BCUT2D eigenvalue weighted by molar-refractivity contribution is -0.314. The molecule has 1 aliphatic carbocycles. The molecule has 0 aromatic rings. The summed E-state index contributed by atoms with van der Waals surface area (Å²) in [6.45, 7) is 5.91. The van der Waals surface area contributed by atoms with Crippen molar-refractivity contribution < 1.29 is 59.5 Å². The maximum Gasteiger partial charge on any atom is 0.187 e. The first-order valence-electron chi connectivity index (χ1n) is 11.9. The summed E-state index contributed by atoms with van der Waals surface area (Å²) in [7, 11) is 0. The Morgan fingerprint density at radius 2 is 1.61 bits per heavy atom. The molecule has 2 saturated heterocycles. The highest BCUT2D eigenvalue weighted by Crippen LogP contribution is 2.44. The fraction of sp³-hybridized carbons (Fsp3) is 0.792. The molecule has 0 saturated carbocycles. The van der Waals surface area contributed by atoms with E-state index in [0.29, 0.717) is 5.57 Å². The number of rotatable bonds is 8. The van der Waals surface area contributed by atoms with Gasteiger partial charge in [0, 0.05) is 11.8 Å². The van der Waals surface area contributed by atoms with Gasteiger partial charge in [0.1, 0.15) is 48.3 Å². The third-order valence-electron chi connectivity index (χ3n) is 7.18. The number of allylic oxidation sites excluding steroid dienone is 1. The normalized spacial score (nSPS) is 44.1. The highest BCUT2D eigenvalue weighted by Gasteiger charge is 2.48. The van der Waals surface area contributed by atoms with Gasteiger partial charge in [0.2, 0.25) is 0 Å². The summed E-state index contributed by atoms with van der Waals surface area (Å²) in [6, 6.07) is 0.